The van der Waals surface area contributed by atoms with Crippen LogP contribution in [0.5, 0.6) is 0 Å². The fourth-order valence-electron chi connectivity index (χ4n) is 5.41. The molecule has 3 aliphatic rings. The van der Waals surface area contributed by atoms with Gasteiger partial charge in [-0.15, -0.1) is 0 Å². The highest BCUT2D eigenvalue weighted by molar-refractivity contribution is 4.91. The number of nitrogens with one attached hydrogen (secondary N) is 1. The maximum absolute atomic E-state index is 9.67. The van der Waals surface area contributed by atoms with Crippen molar-refractivity contribution in [3.8, 4) is 0 Å². The van der Waals surface area contributed by atoms with Crippen LogP contribution < -0.4 is 5.32 Å². The second kappa shape index (κ2) is 7.97. The lowest BCUT2D eigenvalue weighted by atomic mass is 9.70. The van der Waals surface area contributed by atoms with Gasteiger partial charge in [-0.3, -0.25) is 0 Å². The predicted octanol–water partition coefficient (Wildman–Crippen LogP) is 4.27. The first-order chi connectivity index (χ1) is 10.4. The Morgan fingerprint density at radius 3 is 2.05 bits per heavy atom. The summed E-state index contributed by atoms with van der Waals surface area (Å²) in [6.07, 6.45) is 18.3. The molecule has 2 heteroatoms. The summed E-state index contributed by atoms with van der Waals surface area (Å²) in [5.74, 6) is 2.45. The minimum Gasteiger partial charge on any atom is -0.396 e. The number of hydrogen-bond donors (Lipinski definition) is 2. The lowest BCUT2D eigenvalue weighted by molar-refractivity contribution is 0.101. The molecule has 4 unspecified atom stereocenters. The first-order valence-electron chi connectivity index (χ1n) is 9.75. The first-order valence-corrected chi connectivity index (χ1v) is 9.75. The Hall–Kier alpha value is -0.0800. The molecule has 3 fully saturated rings. The van der Waals surface area contributed by atoms with Gasteiger partial charge in [0, 0.05) is 18.7 Å². The van der Waals surface area contributed by atoms with Gasteiger partial charge >= 0.3 is 0 Å². The Labute approximate surface area is 131 Å². The highest BCUT2D eigenvalue weighted by Crippen LogP contribution is 2.39. The molecular formula is C19H35NO. The van der Waals surface area contributed by atoms with Gasteiger partial charge < -0.3 is 10.4 Å². The lowest BCUT2D eigenvalue weighted by Gasteiger charge is -2.43. The topological polar surface area (TPSA) is 32.3 Å². The van der Waals surface area contributed by atoms with Gasteiger partial charge in [0.2, 0.25) is 0 Å². The van der Waals surface area contributed by atoms with Crippen molar-refractivity contribution >= 4 is 0 Å². The summed E-state index contributed by atoms with van der Waals surface area (Å²) in [5, 5.41) is 13.7. The molecule has 0 radical (unpaired) electrons. The predicted molar refractivity (Wildman–Crippen MR) is 88.3 cm³/mol. The van der Waals surface area contributed by atoms with Crippen LogP contribution in [-0.4, -0.2) is 23.8 Å². The summed E-state index contributed by atoms with van der Waals surface area (Å²) >= 11 is 0. The third-order valence-corrected chi connectivity index (χ3v) is 6.65. The lowest BCUT2D eigenvalue weighted by Crippen LogP contribution is -2.50. The van der Waals surface area contributed by atoms with Crippen molar-refractivity contribution in [3.63, 3.8) is 0 Å². The van der Waals surface area contributed by atoms with E-state index in [9.17, 15) is 5.11 Å². The molecule has 21 heavy (non-hydrogen) atoms. The molecule has 0 saturated heterocycles. The van der Waals surface area contributed by atoms with E-state index in [0.29, 0.717) is 18.6 Å². The molecule has 2 nitrogen and oxygen atoms in total. The van der Waals surface area contributed by atoms with E-state index in [4.69, 9.17) is 0 Å². The molecule has 0 heterocycles. The van der Waals surface area contributed by atoms with Crippen LogP contribution in [0, 0.1) is 17.8 Å². The molecule has 0 amide bonds. The van der Waals surface area contributed by atoms with Gasteiger partial charge in [-0.25, -0.2) is 0 Å². The molecule has 0 aliphatic heterocycles. The normalized spacial score (nSPS) is 39.3. The molecule has 4 atom stereocenters. The van der Waals surface area contributed by atoms with Crippen molar-refractivity contribution in [2.75, 3.05) is 6.61 Å². The van der Waals surface area contributed by atoms with Crippen molar-refractivity contribution in [3.05, 3.63) is 0 Å². The average molecular weight is 293 g/mol. The van der Waals surface area contributed by atoms with Gasteiger partial charge in [-0.05, 0) is 43.4 Å². The number of aliphatic hydroxyl groups is 1. The Morgan fingerprint density at radius 1 is 0.667 bits per heavy atom. The minimum absolute atomic E-state index is 0.387. The molecule has 3 saturated carbocycles. The Kier molecular flexibility index (Phi) is 5.99. The molecule has 2 N–H and O–H groups in total. The van der Waals surface area contributed by atoms with Crippen LogP contribution >= 0.6 is 0 Å². The van der Waals surface area contributed by atoms with E-state index in [-0.39, 0.29) is 0 Å². The van der Waals surface area contributed by atoms with Crippen LogP contribution in [0.2, 0.25) is 0 Å². The molecule has 0 spiro atoms. The number of hydrogen-bond acceptors (Lipinski definition) is 2. The van der Waals surface area contributed by atoms with Crippen LogP contribution in [0.1, 0.15) is 83.5 Å². The summed E-state index contributed by atoms with van der Waals surface area (Å²) in [7, 11) is 0. The van der Waals surface area contributed by atoms with E-state index in [2.05, 4.69) is 5.32 Å². The highest BCUT2D eigenvalue weighted by Gasteiger charge is 2.35. The summed E-state index contributed by atoms with van der Waals surface area (Å²) in [5.41, 5.74) is 0. The third kappa shape index (κ3) is 4.01. The maximum Gasteiger partial charge on any atom is 0.0474 e. The molecule has 3 aliphatic carbocycles. The SMILES string of the molecule is OCC1CCCCC1NC1CCCCC1C1CCCCC1. The zero-order valence-corrected chi connectivity index (χ0v) is 13.7. The second-order valence-electron chi connectivity index (χ2n) is 7.95. The Balaban J connectivity index is 1.60. The zero-order chi connectivity index (χ0) is 14.5. The van der Waals surface area contributed by atoms with E-state index in [1.54, 1.807) is 0 Å². The fraction of sp³-hybridized carbons (Fsp3) is 1.00. The van der Waals surface area contributed by atoms with Crippen molar-refractivity contribution in [2.24, 2.45) is 17.8 Å². The van der Waals surface area contributed by atoms with Crippen LogP contribution in [0.15, 0.2) is 0 Å². The van der Waals surface area contributed by atoms with E-state index in [1.165, 1.54) is 83.5 Å². The van der Waals surface area contributed by atoms with Crippen LogP contribution in [0.3, 0.4) is 0 Å². The van der Waals surface area contributed by atoms with Gasteiger partial charge in [-0.2, -0.15) is 0 Å². The summed E-state index contributed by atoms with van der Waals surface area (Å²) in [6.45, 7) is 0.387. The summed E-state index contributed by atoms with van der Waals surface area (Å²) in [6, 6.07) is 1.34. The maximum atomic E-state index is 9.67. The molecular weight excluding hydrogens is 258 g/mol. The van der Waals surface area contributed by atoms with Crippen LogP contribution in [-0.2, 0) is 0 Å². The van der Waals surface area contributed by atoms with E-state index >= 15 is 0 Å². The third-order valence-electron chi connectivity index (χ3n) is 6.65. The molecule has 122 valence electrons. The summed E-state index contributed by atoms with van der Waals surface area (Å²) < 4.78 is 0. The molecule has 0 bridgehead atoms. The minimum atomic E-state index is 0.387. The van der Waals surface area contributed by atoms with Gasteiger partial charge in [0.25, 0.3) is 0 Å². The van der Waals surface area contributed by atoms with Gasteiger partial charge in [0.1, 0.15) is 0 Å². The first kappa shape index (κ1) is 15.8. The highest BCUT2D eigenvalue weighted by atomic mass is 16.3. The van der Waals surface area contributed by atoms with Gasteiger partial charge in [0.15, 0.2) is 0 Å². The standard InChI is InChI=1S/C19H35NO/c21-14-16-10-4-6-12-18(16)20-19-13-7-5-11-17(19)15-8-2-1-3-9-15/h15-21H,1-14H2. The van der Waals surface area contributed by atoms with E-state index < -0.39 is 0 Å². The van der Waals surface area contributed by atoms with E-state index in [0.717, 1.165) is 17.9 Å². The van der Waals surface area contributed by atoms with Crippen molar-refractivity contribution in [1.29, 1.82) is 0 Å². The second-order valence-corrected chi connectivity index (χ2v) is 7.95. The number of rotatable bonds is 4. The van der Waals surface area contributed by atoms with Crippen molar-refractivity contribution < 1.29 is 5.11 Å². The number of aliphatic hydroxyl groups excluding tert-OH is 1. The van der Waals surface area contributed by atoms with Crippen molar-refractivity contribution in [2.45, 2.75) is 95.6 Å². The quantitative estimate of drug-likeness (QED) is 0.811. The molecule has 0 aromatic heterocycles. The fourth-order valence-corrected chi connectivity index (χ4v) is 5.41. The van der Waals surface area contributed by atoms with Gasteiger partial charge in [0.05, 0.1) is 0 Å². The van der Waals surface area contributed by atoms with Crippen LogP contribution in [0.25, 0.3) is 0 Å². The Morgan fingerprint density at radius 2 is 1.29 bits per heavy atom. The van der Waals surface area contributed by atoms with Gasteiger partial charge in [-0.1, -0.05) is 57.8 Å². The zero-order valence-electron chi connectivity index (χ0n) is 13.7. The molecule has 0 aromatic rings. The largest absolute Gasteiger partial charge is 0.396 e. The molecule has 3 rings (SSSR count). The Bertz CT molecular complexity index is 300. The van der Waals surface area contributed by atoms with Crippen LogP contribution in [0.4, 0.5) is 0 Å². The van der Waals surface area contributed by atoms with E-state index in [1.807, 2.05) is 0 Å². The average Bonchev–Trinajstić information content (AvgIpc) is 2.57. The summed E-state index contributed by atoms with van der Waals surface area (Å²) in [4.78, 5) is 0. The smallest absolute Gasteiger partial charge is 0.0474 e. The molecule has 0 aromatic carbocycles. The monoisotopic (exact) mass is 293 g/mol. The van der Waals surface area contributed by atoms with Crippen molar-refractivity contribution in [1.82, 2.24) is 5.32 Å².